The Morgan fingerprint density at radius 2 is 1.71 bits per heavy atom. The van der Waals surface area contributed by atoms with Gasteiger partial charge in [-0.15, -0.1) is 0 Å². The van der Waals surface area contributed by atoms with Gasteiger partial charge in [0.25, 0.3) is 0 Å². The van der Waals surface area contributed by atoms with Gasteiger partial charge in [-0.05, 0) is 36.6 Å². The van der Waals surface area contributed by atoms with Gasteiger partial charge in [-0.3, -0.25) is 0 Å². The van der Waals surface area contributed by atoms with E-state index in [9.17, 15) is 18.3 Å². The van der Waals surface area contributed by atoms with Crippen molar-refractivity contribution in [3.05, 3.63) is 36.2 Å². The Kier molecular flexibility index (Phi) is 3.19. The lowest BCUT2D eigenvalue weighted by Gasteiger charge is -2.10. The summed E-state index contributed by atoms with van der Waals surface area (Å²) in [5.41, 5.74) is -0.268. The molecule has 0 saturated heterocycles. The average Bonchev–Trinajstić information content (AvgIpc) is 3.22. The van der Waals surface area contributed by atoms with Gasteiger partial charge in [0.2, 0.25) is 5.95 Å². The first-order chi connectivity index (χ1) is 9.91. The normalized spacial score (nSPS) is 15.0. The number of rotatable bonds is 3. The smallest absolute Gasteiger partial charge is 0.416 e. The van der Waals surface area contributed by atoms with E-state index in [0.717, 1.165) is 18.9 Å². The fourth-order valence-electron chi connectivity index (χ4n) is 1.90. The Bertz CT molecular complexity index is 652. The molecule has 0 radical (unpaired) electrons. The van der Waals surface area contributed by atoms with Gasteiger partial charge >= 0.3 is 6.18 Å². The van der Waals surface area contributed by atoms with E-state index in [1.807, 2.05) is 0 Å². The summed E-state index contributed by atoms with van der Waals surface area (Å²) in [6, 6.07) is 3.30. The third kappa shape index (κ3) is 3.24. The minimum absolute atomic E-state index is 0.222. The summed E-state index contributed by atoms with van der Waals surface area (Å²) in [6.45, 7) is 0. The maximum absolute atomic E-state index is 12.7. The number of phenolic OH excluding ortho intramolecular Hbond substituents is 1. The zero-order valence-corrected chi connectivity index (χ0v) is 10.9. The van der Waals surface area contributed by atoms with Gasteiger partial charge in [-0.2, -0.15) is 13.2 Å². The molecule has 1 aromatic carbocycles. The number of nitrogens with zero attached hydrogens (tertiary/aromatic N) is 2. The Balaban J connectivity index is 1.90. The first-order valence-electron chi connectivity index (χ1n) is 6.42. The first kappa shape index (κ1) is 13.7. The molecule has 7 heteroatoms. The molecule has 1 aliphatic rings. The molecule has 0 bridgehead atoms. The molecule has 2 N–H and O–H groups in total. The predicted molar refractivity (Wildman–Crippen MR) is 70.8 cm³/mol. The van der Waals surface area contributed by atoms with Crippen LogP contribution < -0.4 is 5.32 Å². The van der Waals surface area contributed by atoms with Crippen molar-refractivity contribution in [2.45, 2.75) is 25.1 Å². The van der Waals surface area contributed by atoms with Crippen LogP contribution in [0, 0.1) is 0 Å². The molecular formula is C14H12F3N3O. The predicted octanol–water partition coefficient (Wildman–Crippen LogP) is 3.44. The van der Waals surface area contributed by atoms with Crippen molar-refractivity contribution in [2.75, 3.05) is 5.32 Å². The summed E-state index contributed by atoms with van der Waals surface area (Å²) in [5, 5.41) is 12.5. The van der Waals surface area contributed by atoms with E-state index < -0.39 is 17.5 Å². The van der Waals surface area contributed by atoms with E-state index >= 15 is 0 Å². The summed E-state index contributed by atoms with van der Waals surface area (Å²) >= 11 is 0. The standard InChI is InChI=1S/C14H12F3N3O/c15-14(16,17)10-3-8(4-12(21)5-10)9-6-18-13(19-7-9)20-11-1-2-11/h3-7,11,21H,1-2H2,(H,18,19,20). The molecule has 21 heavy (non-hydrogen) atoms. The van der Waals surface area contributed by atoms with E-state index in [4.69, 9.17) is 0 Å². The summed E-state index contributed by atoms with van der Waals surface area (Å²) in [4.78, 5) is 8.14. The van der Waals surface area contributed by atoms with Crippen molar-refractivity contribution in [1.82, 2.24) is 9.97 Å². The first-order valence-corrected chi connectivity index (χ1v) is 6.42. The van der Waals surface area contributed by atoms with Crippen LogP contribution in [0.4, 0.5) is 19.1 Å². The highest BCUT2D eigenvalue weighted by Gasteiger charge is 2.31. The van der Waals surface area contributed by atoms with E-state index in [2.05, 4.69) is 15.3 Å². The number of halogens is 3. The lowest BCUT2D eigenvalue weighted by molar-refractivity contribution is -0.137. The fraction of sp³-hybridized carbons (Fsp3) is 0.286. The van der Waals surface area contributed by atoms with Crippen LogP contribution >= 0.6 is 0 Å². The number of anilines is 1. The number of benzene rings is 1. The molecule has 0 aliphatic heterocycles. The zero-order valence-electron chi connectivity index (χ0n) is 10.9. The van der Waals surface area contributed by atoms with Crippen molar-refractivity contribution < 1.29 is 18.3 Å². The maximum Gasteiger partial charge on any atom is 0.416 e. The Morgan fingerprint density at radius 3 is 2.29 bits per heavy atom. The van der Waals surface area contributed by atoms with E-state index in [0.29, 0.717) is 23.6 Å². The molecule has 3 rings (SSSR count). The SMILES string of the molecule is Oc1cc(-c2cnc(NC3CC3)nc2)cc(C(F)(F)F)c1. The highest BCUT2D eigenvalue weighted by atomic mass is 19.4. The van der Waals surface area contributed by atoms with Crippen molar-refractivity contribution in [2.24, 2.45) is 0 Å². The number of hydrogen-bond donors (Lipinski definition) is 2. The lowest BCUT2D eigenvalue weighted by atomic mass is 10.0. The zero-order chi connectivity index (χ0) is 15.0. The maximum atomic E-state index is 12.7. The Labute approximate surface area is 118 Å². The molecule has 4 nitrogen and oxygen atoms in total. The summed E-state index contributed by atoms with van der Waals surface area (Å²) in [6.07, 6.45) is 0.514. The molecule has 1 aliphatic carbocycles. The molecule has 1 aromatic heterocycles. The molecule has 0 spiro atoms. The van der Waals surface area contributed by atoms with E-state index in [1.165, 1.54) is 18.5 Å². The van der Waals surface area contributed by atoms with Gasteiger partial charge in [-0.1, -0.05) is 0 Å². The van der Waals surface area contributed by atoms with Gasteiger partial charge in [0, 0.05) is 24.0 Å². The number of phenols is 1. The average molecular weight is 295 g/mol. The van der Waals surface area contributed by atoms with Crippen LogP contribution in [0.3, 0.4) is 0 Å². The van der Waals surface area contributed by atoms with Gasteiger partial charge < -0.3 is 10.4 Å². The molecule has 110 valence electrons. The molecule has 0 unspecified atom stereocenters. The minimum Gasteiger partial charge on any atom is -0.508 e. The molecule has 2 aromatic rings. The van der Waals surface area contributed by atoms with Crippen LogP contribution in [0.5, 0.6) is 5.75 Å². The number of aromatic hydroxyl groups is 1. The third-order valence-electron chi connectivity index (χ3n) is 3.14. The van der Waals surface area contributed by atoms with Gasteiger partial charge in [0.1, 0.15) is 5.75 Å². The highest BCUT2D eigenvalue weighted by molar-refractivity contribution is 5.65. The van der Waals surface area contributed by atoms with Crippen molar-refractivity contribution in [3.63, 3.8) is 0 Å². The number of alkyl halides is 3. The largest absolute Gasteiger partial charge is 0.508 e. The second-order valence-electron chi connectivity index (χ2n) is 4.98. The second kappa shape index (κ2) is 4.91. The van der Waals surface area contributed by atoms with Crippen LogP contribution in [0.2, 0.25) is 0 Å². The van der Waals surface area contributed by atoms with Crippen LogP contribution in [-0.2, 0) is 6.18 Å². The van der Waals surface area contributed by atoms with Gasteiger partial charge in [0.15, 0.2) is 0 Å². The topological polar surface area (TPSA) is 58.0 Å². The second-order valence-corrected chi connectivity index (χ2v) is 4.98. The van der Waals surface area contributed by atoms with Crippen molar-refractivity contribution in [1.29, 1.82) is 0 Å². The fourth-order valence-corrected chi connectivity index (χ4v) is 1.90. The summed E-state index contributed by atoms with van der Waals surface area (Å²) < 4.78 is 38.2. The van der Waals surface area contributed by atoms with Gasteiger partial charge in [0.05, 0.1) is 5.56 Å². The molecule has 0 amide bonds. The molecular weight excluding hydrogens is 283 g/mol. The van der Waals surface area contributed by atoms with E-state index in [-0.39, 0.29) is 5.56 Å². The van der Waals surface area contributed by atoms with Crippen LogP contribution in [0.1, 0.15) is 18.4 Å². The van der Waals surface area contributed by atoms with E-state index in [1.54, 1.807) is 0 Å². The van der Waals surface area contributed by atoms with Crippen molar-refractivity contribution >= 4 is 5.95 Å². The minimum atomic E-state index is -4.51. The van der Waals surface area contributed by atoms with Crippen LogP contribution in [-0.4, -0.2) is 21.1 Å². The Morgan fingerprint density at radius 1 is 1.05 bits per heavy atom. The van der Waals surface area contributed by atoms with Crippen molar-refractivity contribution in [3.8, 4) is 16.9 Å². The molecule has 1 fully saturated rings. The van der Waals surface area contributed by atoms with Crippen LogP contribution in [0.15, 0.2) is 30.6 Å². The molecule has 1 heterocycles. The highest BCUT2D eigenvalue weighted by Crippen LogP contribution is 2.35. The third-order valence-corrected chi connectivity index (χ3v) is 3.14. The summed E-state index contributed by atoms with van der Waals surface area (Å²) in [7, 11) is 0. The summed E-state index contributed by atoms with van der Waals surface area (Å²) in [5.74, 6) is 0.0115. The van der Waals surface area contributed by atoms with Crippen LogP contribution in [0.25, 0.3) is 11.1 Å². The number of hydrogen-bond acceptors (Lipinski definition) is 4. The molecule has 0 atom stereocenters. The quantitative estimate of drug-likeness (QED) is 0.910. The molecule has 1 saturated carbocycles. The monoisotopic (exact) mass is 295 g/mol. The Hall–Kier alpha value is -2.31. The van der Waals surface area contributed by atoms with Gasteiger partial charge in [-0.25, -0.2) is 9.97 Å². The lowest BCUT2D eigenvalue weighted by Crippen LogP contribution is -2.06. The number of nitrogens with one attached hydrogen (secondary N) is 1. The number of aromatic nitrogens is 2.